The van der Waals surface area contributed by atoms with Crippen LogP contribution in [0, 0.1) is 11.3 Å². The number of cyclic esters (lactones) is 2. The summed E-state index contributed by atoms with van der Waals surface area (Å²) in [7, 11) is 0. The first-order chi connectivity index (χ1) is 7.38. The van der Waals surface area contributed by atoms with Gasteiger partial charge in [-0.25, -0.2) is 0 Å². The minimum Gasteiger partial charge on any atom is -0.422 e. The number of allylic oxidation sites excluding steroid dienone is 1. The van der Waals surface area contributed by atoms with Gasteiger partial charge >= 0.3 is 11.9 Å². The SMILES string of the molecule is CC1CCC=CC12C(=O)OC(C)(C)OC2=O. The van der Waals surface area contributed by atoms with Crippen LogP contribution in [0.2, 0.25) is 0 Å². The van der Waals surface area contributed by atoms with Crippen LogP contribution in [0.25, 0.3) is 0 Å². The van der Waals surface area contributed by atoms with Crippen molar-refractivity contribution in [2.75, 3.05) is 0 Å². The molecule has 4 nitrogen and oxygen atoms in total. The van der Waals surface area contributed by atoms with Gasteiger partial charge in [-0.2, -0.15) is 0 Å². The fourth-order valence-electron chi connectivity index (χ4n) is 2.27. The summed E-state index contributed by atoms with van der Waals surface area (Å²) in [4.78, 5) is 24.1. The lowest BCUT2D eigenvalue weighted by Crippen LogP contribution is -2.56. The molecule has 0 aromatic heterocycles. The monoisotopic (exact) mass is 224 g/mol. The number of carbonyl (C=O) groups excluding carboxylic acids is 2. The molecule has 88 valence electrons. The van der Waals surface area contributed by atoms with Gasteiger partial charge in [-0.05, 0) is 18.8 Å². The second-order valence-electron chi connectivity index (χ2n) is 4.93. The number of rotatable bonds is 0. The van der Waals surface area contributed by atoms with E-state index in [1.54, 1.807) is 19.9 Å². The Balaban J connectivity index is 2.41. The van der Waals surface area contributed by atoms with Crippen LogP contribution >= 0.6 is 0 Å². The zero-order chi connectivity index (χ0) is 12.0. The topological polar surface area (TPSA) is 52.6 Å². The predicted molar refractivity (Wildman–Crippen MR) is 56.2 cm³/mol. The van der Waals surface area contributed by atoms with Gasteiger partial charge in [-0.15, -0.1) is 0 Å². The van der Waals surface area contributed by atoms with Gasteiger partial charge in [0.05, 0.1) is 0 Å². The van der Waals surface area contributed by atoms with E-state index >= 15 is 0 Å². The molecule has 0 radical (unpaired) electrons. The molecule has 0 N–H and O–H groups in total. The number of carbonyl (C=O) groups is 2. The molecular weight excluding hydrogens is 208 g/mol. The van der Waals surface area contributed by atoms with Gasteiger partial charge in [0.15, 0.2) is 5.41 Å². The maximum atomic E-state index is 12.0. The summed E-state index contributed by atoms with van der Waals surface area (Å²) in [6.45, 7) is 5.00. The fourth-order valence-corrected chi connectivity index (χ4v) is 2.27. The zero-order valence-corrected chi connectivity index (χ0v) is 9.78. The maximum absolute atomic E-state index is 12.0. The van der Waals surface area contributed by atoms with Crippen LogP contribution in [0.1, 0.15) is 33.6 Å². The molecule has 0 saturated carbocycles. The zero-order valence-electron chi connectivity index (χ0n) is 9.78. The maximum Gasteiger partial charge on any atom is 0.330 e. The van der Waals surface area contributed by atoms with Gasteiger partial charge in [0.1, 0.15) is 0 Å². The largest absolute Gasteiger partial charge is 0.422 e. The van der Waals surface area contributed by atoms with Crippen LogP contribution < -0.4 is 0 Å². The molecular formula is C12H16O4. The fraction of sp³-hybridized carbons (Fsp3) is 0.667. The summed E-state index contributed by atoms with van der Waals surface area (Å²) in [5.41, 5.74) is -1.21. The standard InChI is InChI=1S/C12H16O4/c1-8-6-4-5-7-12(8)9(13)15-11(2,3)16-10(12)14/h5,7-8H,4,6H2,1-3H3. The van der Waals surface area contributed by atoms with E-state index in [2.05, 4.69) is 0 Å². The highest BCUT2D eigenvalue weighted by molar-refractivity contribution is 6.04. The molecule has 2 aliphatic rings. The summed E-state index contributed by atoms with van der Waals surface area (Å²) in [5.74, 6) is -2.20. The average molecular weight is 224 g/mol. The Morgan fingerprint density at radius 3 is 2.31 bits per heavy atom. The Morgan fingerprint density at radius 2 is 1.81 bits per heavy atom. The highest BCUT2D eigenvalue weighted by Crippen LogP contribution is 2.43. The molecule has 0 amide bonds. The summed E-state index contributed by atoms with van der Waals surface area (Å²) in [6.07, 6.45) is 5.16. The Hall–Kier alpha value is -1.32. The molecule has 1 spiro atoms. The molecule has 1 saturated heterocycles. The van der Waals surface area contributed by atoms with Gasteiger partial charge in [-0.1, -0.05) is 19.1 Å². The molecule has 2 rings (SSSR count). The van der Waals surface area contributed by atoms with Crippen LogP contribution in [0.3, 0.4) is 0 Å². The molecule has 0 aromatic carbocycles. The average Bonchev–Trinajstić information content (AvgIpc) is 2.14. The second kappa shape index (κ2) is 3.34. The Labute approximate surface area is 94.6 Å². The lowest BCUT2D eigenvalue weighted by Gasteiger charge is -2.42. The molecule has 1 atom stereocenters. The summed E-state index contributed by atoms with van der Waals surface area (Å²) >= 11 is 0. The van der Waals surface area contributed by atoms with E-state index < -0.39 is 23.1 Å². The van der Waals surface area contributed by atoms with Crippen LogP contribution in [-0.4, -0.2) is 17.7 Å². The molecule has 1 aliphatic heterocycles. The van der Waals surface area contributed by atoms with E-state index in [1.165, 1.54) is 0 Å². The van der Waals surface area contributed by atoms with Crippen LogP contribution in [-0.2, 0) is 19.1 Å². The van der Waals surface area contributed by atoms with Crippen LogP contribution in [0.5, 0.6) is 0 Å². The lowest BCUT2D eigenvalue weighted by molar-refractivity contribution is -0.250. The van der Waals surface area contributed by atoms with Crippen LogP contribution in [0.4, 0.5) is 0 Å². The number of hydrogen-bond acceptors (Lipinski definition) is 4. The van der Waals surface area contributed by atoms with Crippen molar-refractivity contribution >= 4 is 11.9 Å². The van der Waals surface area contributed by atoms with E-state index in [-0.39, 0.29) is 5.92 Å². The molecule has 1 heterocycles. The van der Waals surface area contributed by atoms with Crippen molar-refractivity contribution < 1.29 is 19.1 Å². The first-order valence-electron chi connectivity index (χ1n) is 5.53. The van der Waals surface area contributed by atoms with Crippen molar-refractivity contribution in [2.45, 2.75) is 39.4 Å². The molecule has 0 aromatic rings. The lowest BCUT2D eigenvalue weighted by atomic mass is 9.70. The molecule has 4 heteroatoms. The van der Waals surface area contributed by atoms with E-state index in [1.807, 2.05) is 13.0 Å². The molecule has 1 unspecified atom stereocenters. The van der Waals surface area contributed by atoms with Gasteiger partial charge in [0.2, 0.25) is 0 Å². The molecule has 1 fully saturated rings. The Kier molecular flexibility index (Phi) is 2.33. The van der Waals surface area contributed by atoms with Crippen molar-refractivity contribution in [2.24, 2.45) is 11.3 Å². The van der Waals surface area contributed by atoms with Crippen molar-refractivity contribution in [3.8, 4) is 0 Å². The molecule has 16 heavy (non-hydrogen) atoms. The minimum atomic E-state index is -1.21. The van der Waals surface area contributed by atoms with Gasteiger partial charge in [-0.3, -0.25) is 9.59 Å². The summed E-state index contributed by atoms with van der Waals surface area (Å²) < 4.78 is 10.3. The normalized spacial score (nSPS) is 31.1. The van der Waals surface area contributed by atoms with E-state index in [0.717, 1.165) is 12.8 Å². The quantitative estimate of drug-likeness (QED) is 0.357. The van der Waals surface area contributed by atoms with Gasteiger partial charge in [0.25, 0.3) is 5.79 Å². The molecule has 0 bridgehead atoms. The summed E-state index contributed by atoms with van der Waals surface area (Å²) in [6, 6.07) is 0. The third-order valence-electron chi connectivity index (χ3n) is 3.28. The number of hydrogen-bond donors (Lipinski definition) is 0. The minimum absolute atomic E-state index is 0.0754. The highest BCUT2D eigenvalue weighted by Gasteiger charge is 2.58. The van der Waals surface area contributed by atoms with Crippen molar-refractivity contribution in [3.05, 3.63) is 12.2 Å². The van der Waals surface area contributed by atoms with E-state index in [9.17, 15) is 9.59 Å². The smallest absolute Gasteiger partial charge is 0.330 e. The van der Waals surface area contributed by atoms with Crippen molar-refractivity contribution in [1.29, 1.82) is 0 Å². The number of esters is 2. The summed E-state index contributed by atoms with van der Waals surface area (Å²) in [5, 5.41) is 0. The van der Waals surface area contributed by atoms with Gasteiger partial charge in [0, 0.05) is 13.8 Å². The van der Waals surface area contributed by atoms with Crippen molar-refractivity contribution in [1.82, 2.24) is 0 Å². The second-order valence-corrected chi connectivity index (χ2v) is 4.93. The third-order valence-corrected chi connectivity index (χ3v) is 3.28. The molecule has 1 aliphatic carbocycles. The van der Waals surface area contributed by atoms with E-state index in [0.29, 0.717) is 0 Å². The van der Waals surface area contributed by atoms with E-state index in [4.69, 9.17) is 9.47 Å². The Bertz CT molecular complexity index is 347. The Morgan fingerprint density at radius 1 is 1.25 bits per heavy atom. The first-order valence-corrected chi connectivity index (χ1v) is 5.53. The predicted octanol–water partition coefficient (Wildman–Crippen LogP) is 1.79. The third kappa shape index (κ3) is 1.44. The van der Waals surface area contributed by atoms with Gasteiger partial charge < -0.3 is 9.47 Å². The van der Waals surface area contributed by atoms with Crippen LogP contribution in [0.15, 0.2) is 12.2 Å². The van der Waals surface area contributed by atoms with Crippen molar-refractivity contribution in [3.63, 3.8) is 0 Å². The first kappa shape index (κ1) is 11.2. The number of ether oxygens (including phenoxy) is 2. The highest BCUT2D eigenvalue weighted by atomic mass is 16.7.